The smallest absolute Gasteiger partial charge is 0.373 e. The van der Waals surface area contributed by atoms with E-state index in [2.05, 4.69) is 6.92 Å². The van der Waals surface area contributed by atoms with Gasteiger partial charge in [-0.15, -0.1) is 9.78 Å². The Morgan fingerprint density at radius 1 is 0.759 bits per heavy atom. The number of carbonyl (C=O) groups is 2. The Morgan fingerprint density at radius 3 is 1.69 bits per heavy atom. The molecular formula is C22H24O7. The molecule has 0 amide bonds. The molecule has 7 nitrogen and oxygen atoms in total. The molecule has 2 aromatic carbocycles. The van der Waals surface area contributed by atoms with Crippen molar-refractivity contribution in [3.05, 3.63) is 84.0 Å². The van der Waals surface area contributed by atoms with Gasteiger partial charge in [-0.25, -0.2) is 9.59 Å². The molecule has 0 fully saturated rings. The summed E-state index contributed by atoms with van der Waals surface area (Å²) < 4.78 is 5.31. The molecule has 0 saturated heterocycles. The van der Waals surface area contributed by atoms with Crippen LogP contribution in [-0.2, 0) is 24.3 Å². The largest absolute Gasteiger partial charge is 0.381 e. The molecule has 2 rings (SSSR count). The molecule has 0 unspecified atom stereocenters. The van der Waals surface area contributed by atoms with Crippen LogP contribution >= 0.6 is 0 Å². The van der Waals surface area contributed by atoms with Crippen LogP contribution in [0.5, 0.6) is 0 Å². The lowest BCUT2D eigenvalue weighted by molar-refractivity contribution is -0.364. The van der Waals surface area contributed by atoms with Crippen LogP contribution < -0.4 is 0 Å². The van der Waals surface area contributed by atoms with Crippen LogP contribution in [0.2, 0.25) is 0 Å². The van der Waals surface area contributed by atoms with Crippen molar-refractivity contribution in [1.82, 2.24) is 0 Å². The second-order valence-electron chi connectivity index (χ2n) is 6.13. The lowest BCUT2D eigenvalue weighted by atomic mass is 10.1. The monoisotopic (exact) mass is 400 g/mol. The molecule has 0 heterocycles. The van der Waals surface area contributed by atoms with E-state index in [9.17, 15) is 9.59 Å². The Kier molecular flexibility index (Phi) is 9.30. The van der Waals surface area contributed by atoms with E-state index in [0.717, 1.165) is 11.1 Å². The predicted octanol–water partition coefficient (Wildman–Crippen LogP) is 4.30. The lowest BCUT2D eigenvalue weighted by Gasteiger charge is -2.14. The Hall–Kier alpha value is -2.74. The minimum absolute atomic E-state index is 0.0854. The molecule has 154 valence electrons. The average Bonchev–Trinajstić information content (AvgIpc) is 2.72. The lowest BCUT2D eigenvalue weighted by Crippen LogP contribution is -2.18. The highest BCUT2D eigenvalue weighted by Gasteiger charge is 2.22. The first-order valence-corrected chi connectivity index (χ1v) is 9.14. The van der Waals surface area contributed by atoms with E-state index in [1.54, 1.807) is 62.4 Å². The highest BCUT2D eigenvalue weighted by molar-refractivity contribution is 5.91. The van der Waals surface area contributed by atoms with Gasteiger partial charge in [0.2, 0.25) is 0 Å². The zero-order valence-corrected chi connectivity index (χ0v) is 16.5. The molecule has 0 atom stereocenters. The van der Waals surface area contributed by atoms with Crippen LogP contribution in [0, 0.1) is 27.1 Å². The quantitative estimate of drug-likeness (QED) is 0.316. The van der Waals surface area contributed by atoms with Crippen molar-refractivity contribution >= 4 is 11.9 Å². The number of hydrogen-bond acceptors (Lipinski definition) is 7. The van der Waals surface area contributed by atoms with E-state index in [4.69, 9.17) is 24.3 Å². The molecule has 0 spiro atoms. The fraction of sp³-hybridized carbons (Fsp3) is 0.273. The molecule has 0 aliphatic rings. The van der Waals surface area contributed by atoms with Crippen LogP contribution in [0.1, 0.15) is 44.7 Å². The van der Waals surface area contributed by atoms with Crippen LogP contribution in [0.15, 0.2) is 48.5 Å². The van der Waals surface area contributed by atoms with Crippen molar-refractivity contribution in [2.75, 3.05) is 13.2 Å². The molecule has 7 heteroatoms. The molecule has 0 saturated carbocycles. The first kappa shape index (κ1) is 22.5. The van der Waals surface area contributed by atoms with Gasteiger partial charge in [-0.1, -0.05) is 43.3 Å². The van der Waals surface area contributed by atoms with E-state index in [-0.39, 0.29) is 19.3 Å². The molecule has 0 aromatic heterocycles. The second kappa shape index (κ2) is 12.0. The van der Waals surface area contributed by atoms with Gasteiger partial charge in [0.25, 0.3) is 0 Å². The molecule has 0 aliphatic carbocycles. The maximum atomic E-state index is 12.2. The molecule has 0 N–H and O–H groups in total. The summed E-state index contributed by atoms with van der Waals surface area (Å²) >= 11 is 0. The van der Waals surface area contributed by atoms with E-state index in [1.807, 2.05) is 0 Å². The van der Waals surface area contributed by atoms with Gasteiger partial charge in [0, 0.05) is 13.0 Å². The zero-order valence-electron chi connectivity index (χ0n) is 16.5. The number of hydrogen-bond donors (Lipinski definition) is 0. The Morgan fingerprint density at radius 2 is 1.24 bits per heavy atom. The standard InChI is InChI=1S/C22H24O7/c1-4-14-25-15-13-20(26-28-21(23)18-11-7-5-9-16(18)2)27-29-22(24)19-12-8-6-10-17(19)3/h5-12H,1,4,13-15H2,2-3H3. The topological polar surface area (TPSA) is 80.3 Å². The van der Waals surface area contributed by atoms with Crippen molar-refractivity contribution in [3.8, 4) is 0 Å². The van der Waals surface area contributed by atoms with Gasteiger partial charge in [-0.3, -0.25) is 9.78 Å². The summed E-state index contributed by atoms with van der Waals surface area (Å²) in [5, 5.41) is 0. The van der Waals surface area contributed by atoms with Crippen molar-refractivity contribution in [1.29, 1.82) is 0 Å². The highest BCUT2D eigenvalue weighted by Crippen LogP contribution is 2.17. The highest BCUT2D eigenvalue weighted by atomic mass is 17.3. The third kappa shape index (κ3) is 7.30. The van der Waals surface area contributed by atoms with Gasteiger partial charge in [0.05, 0.1) is 17.7 Å². The number of rotatable bonds is 11. The fourth-order valence-electron chi connectivity index (χ4n) is 2.32. The zero-order chi connectivity index (χ0) is 21.1. The van der Waals surface area contributed by atoms with E-state index in [1.165, 1.54) is 0 Å². The first-order valence-electron chi connectivity index (χ1n) is 9.14. The first-order chi connectivity index (χ1) is 14.0. The van der Waals surface area contributed by atoms with Crippen LogP contribution in [-0.4, -0.2) is 25.2 Å². The third-order valence-corrected chi connectivity index (χ3v) is 3.89. The summed E-state index contributed by atoms with van der Waals surface area (Å²) in [4.78, 5) is 44.0. The van der Waals surface area contributed by atoms with Gasteiger partial charge >= 0.3 is 18.2 Å². The normalized spacial score (nSPS) is 10.8. The molecule has 0 bridgehead atoms. The van der Waals surface area contributed by atoms with Gasteiger partial charge in [0.15, 0.2) is 0 Å². The van der Waals surface area contributed by atoms with Crippen molar-refractivity contribution in [3.63, 3.8) is 0 Å². The molecule has 2 radical (unpaired) electrons. The average molecular weight is 400 g/mol. The molecule has 0 aliphatic heterocycles. The van der Waals surface area contributed by atoms with Gasteiger partial charge in [-0.05, 0) is 43.5 Å². The number of benzene rings is 2. The number of carbonyl (C=O) groups excluding carboxylic acids is 2. The van der Waals surface area contributed by atoms with Crippen molar-refractivity contribution in [2.45, 2.75) is 26.7 Å². The molecular weight excluding hydrogens is 376 g/mol. The Labute approximate surface area is 170 Å². The molecule has 2 aromatic rings. The Bertz CT molecular complexity index is 742. The van der Waals surface area contributed by atoms with E-state index < -0.39 is 11.9 Å². The van der Waals surface area contributed by atoms with Gasteiger partial charge in [0.1, 0.15) is 0 Å². The minimum atomic E-state index is -0.701. The van der Waals surface area contributed by atoms with E-state index >= 15 is 0 Å². The summed E-state index contributed by atoms with van der Waals surface area (Å²) in [5.74, 6) is -1.40. The summed E-state index contributed by atoms with van der Waals surface area (Å²) in [6.07, 6.45) is 0.460. The summed E-state index contributed by atoms with van der Waals surface area (Å²) in [5.41, 5.74) is 2.15. The Balaban J connectivity index is 1.93. The second-order valence-corrected chi connectivity index (χ2v) is 6.13. The van der Waals surface area contributed by atoms with Gasteiger partial charge < -0.3 is 4.74 Å². The number of ether oxygens (including phenoxy) is 1. The minimum Gasteiger partial charge on any atom is -0.381 e. The maximum Gasteiger partial charge on any atom is 0.373 e. The maximum absolute atomic E-state index is 12.2. The van der Waals surface area contributed by atoms with Crippen LogP contribution in [0.25, 0.3) is 0 Å². The summed E-state index contributed by atoms with van der Waals surface area (Å²) in [6, 6.07) is 13.8. The summed E-state index contributed by atoms with van der Waals surface area (Å²) in [6.45, 7) is 7.86. The van der Waals surface area contributed by atoms with Crippen LogP contribution in [0.3, 0.4) is 0 Å². The third-order valence-electron chi connectivity index (χ3n) is 3.89. The fourth-order valence-corrected chi connectivity index (χ4v) is 2.32. The van der Waals surface area contributed by atoms with Gasteiger partial charge in [-0.2, -0.15) is 0 Å². The number of aryl methyl sites for hydroxylation is 2. The molecule has 29 heavy (non-hydrogen) atoms. The SMILES string of the molecule is [CH2]CCOCC[C](OOC(=O)c1ccccc1C)OOC(=O)c1ccccc1C. The van der Waals surface area contributed by atoms with E-state index in [0.29, 0.717) is 24.2 Å². The van der Waals surface area contributed by atoms with Crippen LogP contribution in [0.4, 0.5) is 0 Å². The summed E-state index contributed by atoms with van der Waals surface area (Å²) in [7, 11) is 0. The van der Waals surface area contributed by atoms with Crippen molar-refractivity contribution < 1.29 is 33.9 Å². The predicted molar refractivity (Wildman–Crippen MR) is 104 cm³/mol. The van der Waals surface area contributed by atoms with Crippen molar-refractivity contribution in [2.24, 2.45) is 0 Å².